The molecule has 2 amide bonds. The quantitative estimate of drug-likeness (QED) is 0.378. The van der Waals surface area contributed by atoms with Crippen LogP contribution in [0, 0.1) is 5.92 Å². The SMILES string of the molecule is CC1CCCN(C(=O)N(C)c2cccc(C(N)=NO)c2)C1. The number of oxime groups is 1. The predicted molar refractivity (Wildman–Crippen MR) is 82.7 cm³/mol. The number of amides is 2. The van der Waals surface area contributed by atoms with Gasteiger partial charge in [-0.25, -0.2) is 4.79 Å². The zero-order chi connectivity index (χ0) is 15.4. The molecular formula is C15H22N4O2. The van der Waals surface area contributed by atoms with Crippen LogP contribution < -0.4 is 10.6 Å². The number of carbonyl (C=O) groups excluding carboxylic acids is 1. The summed E-state index contributed by atoms with van der Waals surface area (Å²) in [6, 6.07) is 7.07. The van der Waals surface area contributed by atoms with E-state index in [2.05, 4.69) is 12.1 Å². The minimum absolute atomic E-state index is 0.0155. The molecule has 2 rings (SSSR count). The molecule has 1 aromatic rings. The van der Waals surface area contributed by atoms with Gasteiger partial charge in [-0.3, -0.25) is 4.90 Å². The van der Waals surface area contributed by atoms with Gasteiger partial charge in [-0.2, -0.15) is 0 Å². The van der Waals surface area contributed by atoms with Gasteiger partial charge in [0.15, 0.2) is 5.84 Å². The number of nitrogens with zero attached hydrogens (tertiary/aromatic N) is 3. The average Bonchev–Trinajstić information content (AvgIpc) is 2.52. The van der Waals surface area contributed by atoms with E-state index in [-0.39, 0.29) is 11.9 Å². The molecule has 6 heteroatoms. The number of likely N-dealkylation sites (tertiary alicyclic amines) is 1. The summed E-state index contributed by atoms with van der Waals surface area (Å²) in [7, 11) is 1.74. The van der Waals surface area contributed by atoms with Crippen LogP contribution in [0.1, 0.15) is 25.3 Å². The van der Waals surface area contributed by atoms with Crippen LogP contribution >= 0.6 is 0 Å². The fourth-order valence-corrected chi connectivity index (χ4v) is 2.62. The molecule has 0 aliphatic carbocycles. The number of amidine groups is 1. The van der Waals surface area contributed by atoms with E-state index < -0.39 is 0 Å². The zero-order valence-electron chi connectivity index (χ0n) is 12.5. The number of urea groups is 1. The van der Waals surface area contributed by atoms with E-state index in [0.29, 0.717) is 11.5 Å². The third-order valence-electron chi connectivity index (χ3n) is 3.85. The Labute approximate surface area is 124 Å². The lowest BCUT2D eigenvalue weighted by molar-refractivity contribution is 0.177. The molecule has 0 bridgehead atoms. The second-order valence-electron chi connectivity index (χ2n) is 5.57. The highest BCUT2D eigenvalue weighted by molar-refractivity contribution is 5.99. The lowest BCUT2D eigenvalue weighted by atomic mass is 10.0. The molecule has 1 fully saturated rings. The molecule has 3 N–H and O–H groups in total. The van der Waals surface area contributed by atoms with E-state index in [0.717, 1.165) is 25.2 Å². The summed E-state index contributed by atoms with van der Waals surface area (Å²) < 4.78 is 0. The van der Waals surface area contributed by atoms with Crippen LogP contribution in [0.4, 0.5) is 10.5 Å². The normalized spacial score (nSPS) is 19.4. The topological polar surface area (TPSA) is 82.2 Å². The van der Waals surface area contributed by atoms with Gasteiger partial charge in [0, 0.05) is 31.4 Å². The highest BCUT2D eigenvalue weighted by atomic mass is 16.4. The van der Waals surface area contributed by atoms with Crippen molar-refractivity contribution in [3.05, 3.63) is 29.8 Å². The van der Waals surface area contributed by atoms with E-state index in [1.54, 1.807) is 30.1 Å². The summed E-state index contributed by atoms with van der Waals surface area (Å²) in [4.78, 5) is 16.0. The predicted octanol–water partition coefficient (Wildman–Crippen LogP) is 2.07. The Bertz CT molecular complexity index is 544. The standard InChI is InChI=1S/C15H22N4O2/c1-11-5-4-8-19(10-11)15(20)18(2)13-7-3-6-12(9-13)14(16)17-21/h3,6-7,9,11,21H,4-5,8,10H2,1-2H3,(H2,16,17). The lowest BCUT2D eigenvalue weighted by Gasteiger charge is -2.34. The maximum absolute atomic E-state index is 12.5. The molecule has 0 radical (unpaired) electrons. The Morgan fingerprint density at radius 3 is 2.95 bits per heavy atom. The van der Waals surface area contributed by atoms with Crippen molar-refractivity contribution in [3.63, 3.8) is 0 Å². The van der Waals surface area contributed by atoms with Crippen LogP contribution in [-0.4, -0.2) is 42.1 Å². The molecule has 1 atom stereocenters. The number of piperidine rings is 1. The van der Waals surface area contributed by atoms with Crippen molar-refractivity contribution in [2.75, 3.05) is 25.0 Å². The lowest BCUT2D eigenvalue weighted by Crippen LogP contribution is -2.46. The summed E-state index contributed by atoms with van der Waals surface area (Å²) in [5.74, 6) is 0.573. The Balaban J connectivity index is 2.15. The third-order valence-corrected chi connectivity index (χ3v) is 3.85. The van der Waals surface area contributed by atoms with E-state index >= 15 is 0 Å². The first kappa shape index (κ1) is 15.2. The molecule has 0 aromatic heterocycles. The van der Waals surface area contributed by atoms with E-state index in [1.807, 2.05) is 11.0 Å². The Hall–Kier alpha value is -2.24. The van der Waals surface area contributed by atoms with Crippen molar-refractivity contribution >= 4 is 17.6 Å². The van der Waals surface area contributed by atoms with Crippen molar-refractivity contribution in [1.29, 1.82) is 0 Å². The van der Waals surface area contributed by atoms with Crippen molar-refractivity contribution in [1.82, 2.24) is 4.90 Å². The van der Waals surface area contributed by atoms with Crippen molar-refractivity contribution in [3.8, 4) is 0 Å². The van der Waals surface area contributed by atoms with Gasteiger partial charge in [0.1, 0.15) is 0 Å². The molecule has 1 unspecified atom stereocenters. The van der Waals surface area contributed by atoms with Crippen LogP contribution in [0.2, 0.25) is 0 Å². The Kier molecular flexibility index (Phi) is 4.67. The summed E-state index contributed by atoms with van der Waals surface area (Å²) in [5.41, 5.74) is 6.90. The molecular weight excluding hydrogens is 268 g/mol. The molecule has 1 heterocycles. The summed E-state index contributed by atoms with van der Waals surface area (Å²) in [6.07, 6.45) is 2.22. The minimum Gasteiger partial charge on any atom is -0.409 e. The van der Waals surface area contributed by atoms with Crippen LogP contribution in [0.15, 0.2) is 29.4 Å². The summed E-state index contributed by atoms with van der Waals surface area (Å²) in [5, 5.41) is 11.7. The van der Waals surface area contributed by atoms with Gasteiger partial charge in [0.2, 0.25) is 0 Å². The van der Waals surface area contributed by atoms with Gasteiger partial charge >= 0.3 is 6.03 Å². The first-order valence-corrected chi connectivity index (χ1v) is 7.13. The van der Waals surface area contributed by atoms with Crippen molar-refractivity contribution in [2.24, 2.45) is 16.8 Å². The molecule has 1 saturated heterocycles. The van der Waals surface area contributed by atoms with Crippen LogP contribution in [-0.2, 0) is 0 Å². The number of hydrogen-bond donors (Lipinski definition) is 2. The smallest absolute Gasteiger partial charge is 0.324 e. The maximum Gasteiger partial charge on any atom is 0.324 e. The molecule has 0 spiro atoms. The van der Waals surface area contributed by atoms with E-state index in [4.69, 9.17) is 10.9 Å². The Morgan fingerprint density at radius 2 is 2.29 bits per heavy atom. The number of rotatable bonds is 2. The first-order chi connectivity index (χ1) is 10.0. The number of anilines is 1. The highest BCUT2D eigenvalue weighted by Crippen LogP contribution is 2.20. The van der Waals surface area contributed by atoms with Crippen molar-refractivity contribution < 1.29 is 10.0 Å². The molecule has 6 nitrogen and oxygen atoms in total. The minimum atomic E-state index is -0.0155. The largest absolute Gasteiger partial charge is 0.409 e. The van der Waals surface area contributed by atoms with E-state index in [1.165, 1.54) is 6.42 Å². The average molecular weight is 290 g/mol. The second kappa shape index (κ2) is 6.47. The fourth-order valence-electron chi connectivity index (χ4n) is 2.62. The number of carbonyl (C=O) groups is 1. The molecule has 1 aromatic carbocycles. The summed E-state index contributed by atoms with van der Waals surface area (Å²) in [6.45, 7) is 3.76. The first-order valence-electron chi connectivity index (χ1n) is 7.13. The second-order valence-corrected chi connectivity index (χ2v) is 5.57. The third kappa shape index (κ3) is 3.45. The van der Waals surface area contributed by atoms with Gasteiger partial charge in [-0.1, -0.05) is 24.2 Å². The number of benzene rings is 1. The van der Waals surface area contributed by atoms with Gasteiger partial charge in [-0.05, 0) is 30.9 Å². The number of hydrogen-bond acceptors (Lipinski definition) is 3. The molecule has 1 aliphatic rings. The summed E-state index contributed by atoms with van der Waals surface area (Å²) >= 11 is 0. The monoisotopic (exact) mass is 290 g/mol. The molecule has 21 heavy (non-hydrogen) atoms. The maximum atomic E-state index is 12.5. The van der Waals surface area contributed by atoms with Gasteiger partial charge in [0.05, 0.1) is 0 Å². The highest BCUT2D eigenvalue weighted by Gasteiger charge is 2.24. The fraction of sp³-hybridized carbons (Fsp3) is 0.467. The van der Waals surface area contributed by atoms with Crippen molar-refractivity contribution in [2.45, 2.75) is 19.8 Å². The molecule has 1 aliphatic heterocycles. The van der Waals surface area contributed by atoms with Crippen LogP contribution in [0.5, 0.6) is 0 Å². The zero-order valence-corrected chi connectivity index (χ0v) is 12.5. The van der Waals surface area contributed by atoms with Gasteiger partial charge in [0.25, 0.3) is 0 Å². The van der Waals surface area contributed by atoms with Gasteiger partial charge < -0.3 is 15.8 Å². The number of nitrogens with two attached hydrogens (primary N) is 1. The molecule has 114 valence electrons. The molecule has 0 saturated carbocycles. The Morgan fingerprint density at radius 1 is 1.52 bits per heavy atom. The van der Waals surface area contributed by atoms with Gasteiger partial charge in [-0.15, -0.1) is 0 Å². The van der Waals surface area contributed by atoms with Crippen LogP contribution in [0.3, 0.4) is 0 Å². The van der Waals surface area contributed by atoms with Crippen LogP contribution in [0.25, 0.3) is 0 Å². The van der Waals surface area contributed by atoms with E-state index in [9.17, 15) is 4.79 Å².